The Balaban J connectivity index is 2.16. The number of fused-ring (bicyclic) bond motifs is 7. The van der Waals surface area contributed by atoms with Crippen LogP contribution in [0.2, 0.25) is 0 Å². The van der Waals surface area contributed by atoms with E-state index in [-0.39, 0.29) is 0 Å². The summed E-state index contributed by atoms with van der Waals surface area (Å²) in [5.74, 6) is 2.81. The minimum Gasteiger partial charge on any atom is -0.329 e. The first-order valence-corrected chi connectivity index (χ1v) is 8.13. The Kier molecular flexibility index (Phi) is 2.69. The van der Waals surface area contributed by atoms with Crippen LogP contribution in [0, 0.1) is 12.3 Å². The maximum absolute atomic E-state index is 5.66. The number of benzene rings is 4. The minimum absolute atomic E-state index is 0.580. The molecule has 0 bridgehead atoms. The first-order valence-electron chi connectivity index (χ1n) is 8.13. The number of hydrogen-bond acceptors (Lipinski definition) is 0. The topological polar surface area (TPSA) is 4.93 Å². The highest BCUT2D eigenvalue weighted by atomic mass is 15.0. The molecule has 24 heavy (non-hydrogen) atoms. The lowest BCUT2D eigenvalue weighted by Gasteiger charge is -2.03. The molecular formula is C23H15N. The van der Waals surface area contributed by atoms with Crippen LogP contribution in [0.1, 0.15) is 0 Å². The molecule has 0 spiro atoms. The van der Waals surface area contributed by atoms with E-state index in [4.69, 9.17) is 6.42 Å². The highest BCUT2D eigenvalue weighted by molar-refractivity contribution is 6.27. The van der Waals surface area contributed by atoms with Crippen LogP contribution in [0.5, 0.6) is 0 Å². The van der Waals surface area contributed by atoms with Crippen LogP contribution in [0.4, 0.5) is 0 Å². The van der Waals surface area contributed by atoms with E-state index >= 15 is 0 Å². The number of terminal acetylenes is 1. The molecule has 0 saturated heterocycles. The fourth-order valence-corrected chi connectivity index (χ4v) is 3.89. The molecule has 0 aliphatic carbocycles. The molecule has 0 amide bonds. The van der Waals surface area contributed by atoms with Gasteiger partial charge in [-0.1, -0.05) is 66.6 Å². The zero-order valence-electron chi connectivity index (χ0n) is 13.2. The van der Waals surface area contributed by atoms with Gasteiger partial charge in [-0.2, -0.15) is 0 Å². The third kappa shape index (κ3) is 1.66. The standard InChI is InChI=1S/C23H15N/c1-2-15-24-20-13-11-16-7-3-5-9-18(16)22(20)23-19-10-6-4-8-17(19)12-14-21(23)24/h1,3-14H,15H2. The molecule has 1 heterocycles. The molecule has 5 rings (SSSR count). The lowest BCUT2D eigenvalue weighted by Crippen LogP contribution is -1.94. The third-order valence-electron chi connectivity index (χ3n) is 4.90. The smallest absolute Gasteiger partial charge is 0.0841 e. The van der Waals surface area contributed by atoms with Gasteiger partial charge in [-0.15, -0.1) is 6.42 Å². The molecule has 1 aromatic heterocycles. The van der Waals surface area contributed by atoms with Crippen molar-refractivity contribution >= 4 is 43.4 Å². The van der Waals surface area contributed by atoms with Gasteiger partial charge in [0.25, 0.3) is 0 Å². The van der Waals surface area contributed by atoms with Gasteiger partial charge in [0.1, 0.15) is 0 Å². The molecular weight excluding hydrogens is 290 g/mol. The Morgan fingerprint density at radius 3 is 1.67 bits per heavy atom. The van der Waals surface area contributed by atoms with Gasteiger partial charge >= 0.3 is 0 Å². The van der Waals surface area contributed by atoms with Crippen molar-refractivity contribution in [2.24, 2.45) is 0 Å². The van der Waals surface area contributed by atoms with Crippen LogP contribution >= 0.6 is 0 Å². The highest BCUT2D eigenvalue weighted by Gasteiger charge is 2.14. The first-order chi connectivity index (χ1) is 11.9. The summed E-state index contributed by atoms with van der Waals surface area (Å²) in [7, 11) is 0. The van der Waals surface area contributed by atoms with Crippen molar-refractivity contribution in [1.82, 2.24) is 4.57 Å². The van der Waals surface area contributed by atoms with Gasteiger partial charge in [0.2, 0.25) is 0 Å². The summed E-state index contributed by atoms with van der Waals surface area (Å²) in [5, 5.41) is 7.69. The van der Waals surface area contributed by atoms with Crippen molar-refractivity contribution in [3.8, 4) is 12.3 Å². The van der Waals surface area contributed by atoms with E-state index in [1.165, 1.54) is 43.4 Å². The van der Waals surface area contributed by atoms with E-state index in [1.54, 1.807) is 0 Å². The van der Waals surface area contributed by atoms with Gasteiger partial charge in [0.15, 0.2) is 0 Å². The van der Waals surface area contributed by atoms with Gasteiger partial charge in [0.05, 0.1) is 17.6 Å². The second-order valence-electron chi connectivity index (χ2n) is 6.15. The van der Waals surface area contributed by atoms with Crippen LogP contribution in [0.25, 0.3) is 43.4 Å². The molecule has 0 unspecified atom stereocenters. The molecule has 0 fully saturated rings. The van der Waals surface area contributed by atoms with Gasteiger partial charge in [0, 0.05) is 10.8 Å². The molecule has 0 aliphatic heterocycles. The van der Waals surface area contributed by atoms with Crippen LogP contribution in [0.15, 0.2) is 72.8 Å². The van der Waals surface area contributed by atoms with Crippen LogP contribution in [0.3, 0.4) is 0 Å². The van der Waals surface area contributed by atoms with Crippen molar-refractivity contribution in [1.29, 1.82) is 0 Å². The summed E-state index contributed by atoms with van der Waals surface area (Å²) < 4.78 is 2.25. The first kappa shape index (κ1) is 13.2. The lowest BCUT2D eigenvalue weighted by molar-refractivity contribution is 0.925. The van der Waals surface area contributed by atoms with Gasteiger partial charge in [-0.25, -0.2) is 0 Å². The Bertz CT molecular complexity index is 1190. The van der Waals surface area contributed by atoms with E-state index in [1.807, 2.05) is 0 Å². The van der Waals surface area contributed by atoms with Gasteiger partial charge in [-0.3, -0.25) is 0 Å². The Labute approximate surface area is 140 Å². The molecule has 1 heteroatoms. The quantitative estimate of drug-likeness (QED) is 0.348. The summed E-state index contributed by atoms with van der Waals surface area (Å²) in [5.41, 5.74) is 2.41. The van der Waals surface area contributed by atoms with Crippen LogP contribution in [-0.4, -0.2) is 4.57 Å². The summed E-state index contributed by atoms with van der Waals surface area (Å²) in [6, 6.07) is 25.9. The number of hydrogen-bond donors (Lipinski definition) is 0. The number of nitrogens with zero attached hydrogens (tertiary/aromatic N) is 1. The monoisotopic (exact) mass is 305 g/mol. The lowest BCUT2D eigenvalue weighted by atomic mass is 10.00. The molecule has 1 nitrogen and oxygen atoms in total. The van der Waals surface area contributed by atoms with E-state index < -0.39 is 0 Å². The van der Waals surface area contributed by atoms with Crippen molar-refractivity contribution in [3.05, 3.63) is 72.8 Å². The molecule has 0 atom stereocenters. The Morgan fingerprint density at radius 2 is 1.17 bits per heavy atom. The molecule has 112 valence electrons. The SMILES string of the molecule is C#CCn1c2ccc3ccccc3c2c2c3ccccc3ccc21. The fraction of sp³-hybridized carbons (Fsp3) is 0.0435. The fourth-order valence-electron chi connectivity index (χ4n) is 3.89. The van der Waals surface area contributed by atoms with E-state index in [0.29, 0.717) is 6.54 Å². The number of rotatable bonds is 1. The second kappa shape index (κ2) is 4.88. The van der Waals surface area contributed by atoms with Crippen molar-refractivity contribution in [2.75, 3.05) is 0 Å². The average molecular weight is 305 g/mol. The van der Waals surface area contributed by atoms with Crippen molar-refractivity contribution < 1.29 is 0 Å². The molecule has 4 aromatic carbocycles. The van der Waals surface area contributed by atoms with Gasteiger partial charge < -0.3 is 4.57 Å². The summed E-state index contributed by atoms with van der Waals surface area (Å²) in [6.45, 7) is 0.580. The van der Waals surface area contributed by atoms with E-state index in [0.717, 1.165) is 0 Å². The third-order valence-corrected chi connectivity index (χ3v) is 4.90. The summed E-state index contributed by atoms with van der Waals surface area (Å²) >= 11 is 0. The normalized spacial score (nSPS) is 11.5. The van der Waals surface area contributed by atoms with Crippen LogP contribution in [-0.2, 0) is 6.54 Å². The Morgan fingerprint density at radius 1 is 0.667 bits per heavy atom. The average Bonchev–Trinajstić information content (AvgIpc) is 2.97. The molecule has 0 radical (unpaired) electrons. The minimum atomic E-state index is 0.580. The van der Waals surface area contributed by atoms with Crippen molar-refractivity contribution in [3.63, 3.8) is 0 Å². The zero-order chi connectivity index (χ0) is 16.1. The molecule has 0 N–H and O–H groups in total. The summed E-state index contributed by atoms with van der Waals surface area (Å²) in [6.07, 6.45) is 5.66. The predicted octanol–water partition coefficient (Wildman–Crippen LogP) is 5.73. The van der Waals surface area contributed by atoms with E-state index in [2.05, 4.69) is 83.3 Å². The zero-order valence-corrected chi connectivity index (χ0v) is 13.2. The van der Waals surface area contributed by atoms with Gasteiger partial charge in [-0.05, 0) is 33.7 Å². The summed E-state index contributed by atoms with van der Waals surface area (Å²) in [4.78, 5) is 0. The van der Waals surface area contributed by atoms with E-state index in [9.17, 15) is 0 Å². The maximum atomic E-state index is 5.66. The number of aromatic nitrogens is 1. The predicted molar refractivity (Wildman–Crippen MR) is 103 cm³/mol. The van der Waals surface area contributed by atoms with Crippen molar-refractivity contribution in [2.45, 2.75) is 6.54 Å². The Hall–Kier alpha value is -3.24. The molecule has 0 aliphatic rings. The molecule has 5 aromatic rings. The maximum Gasteiger partial charge on any atom is 0.0841 e. The largest absolute Gasteiger partial charge is 0.329 e. The van der Waals surface area contributed by atoms with Crippen LogP contribution < -0.4 is 0 Å². The second-order valence-corrected chi connectivity index (χ2v) is 6.15. The highest BCUT2D eigenvalue weighted by Crippen LogP contribution is 2.38. The molecule has 0 saturated carbocycles.